The molecule has 0 N–H and O–H groups in total. The van der Waals surface area contributed by atoms with Crippen LogP contribution in [0.5, 0.6) is 0 Å². The summed E-state index contributed by atoms with van der Waals surface area (Å²) in [6.07, 6.45) is 0. The zero-order chi connectivity index (χ0) is 16.7. The number of halogens is 1. The fraction of sp³-hybridized carbons (Fsp3) is 0.0556. The standard InChI is InChI=1S/C18H13ClN4S/c1-22-18(24)23(14-9-7-13(19)8-10-14)17(21-22)16-11-6-12-4-2-3-5-15(12)20-16/h2-11H,1H3. The van der Waals surface area contributed by atoms with E-state index in [-0.39, 0.29) is 0 Å². The highest BCUT2D eigenvalue weighted by Gasteiger charge is 2.14. The summed E-state index contributed by atoms with van der Waals surface area (Å²) >= 11 is 11.5. The number of benzene rings is 2. The lowest BCUT2D eigenvalue weighted by Gasteiger charge is -2.07. The van der Waals surface area contributed by atoms with Gasteiger partial charge >= 0.3 is 0 Å². The number of fused-ring (bicyclic) bond motifs is 1. The van der Waals surface area contributed by atoms with Gasteiger partial charge in [0, 0.05) is 17.5 Å². The van der Waals surface area contributed by atoms with Crippen LogP contribution in [-0.2, 0) is 7.05 Å². The van der Waals surface area contributed by atoms with E-state index >= 15 is 0 Å². The molecular formula is C18H13ClN4S. The lowest BCUT2D eigenvalue weighted by Crippen LogP contribution is -1.99. The Balaban J connectivity index is 1.96. The molecule has 0 aliphatic carbocycles. The van der Waals surface area contributed by atoms with Crippen molar-refractivity contribution in [2.24, 2.45) is 7.05 Å². The van der Waals surface area contributed by atoms with Crippen molar-refractivity contribution >= 4 is 34.7 Å². The summed E-state index contributed by atoms with van der Waals surface area (Å²) in [6.45, 7) is 0. The summed E-state index contributed by atoms with van der Waals surface area (Å²) in [5, 5.41) is 6.34. The Morgan fingerprint density at radius 2 is 1.71 bits per heavy atom. The second-order valence-corrected chi connectivity index (χ2v) is 6.23. The Hall–Kier alpha value is -2.50. The topological polar surface area (TPSA) is 35.6 Å². The van der Waals surface area contributed by atoms with Crippen molar-refractivity contribution in [2.75, 3.05) is 0 Å². The molecule has 0 unspecified atom stereocenters. The van der Waals surface area contributed by atoms with Crippen molar-refractivity contribution in [3.8, 4) is 17.2 Å². The zero-order valence-corrected chi connectivity index (χ0v) is 14.4. The summed E-state index contributed by atoms with van der Waals surface area (Å²) in [7, 11) is 1.83. The average Bonchev–Trinajstić information content (AvgIpc) is 2.90. The third-order valence-corrected chi connectivity index (χ3v) is 4.54. The van der Waals surface area contributed by atoms with Crippen LogP contribution in [0.4, 0.5) is 0 Å². The van der Waals surface area contributed by atoms with Gasteiger partial charge in [0.15, 0.2) is 5.82 Å². The van der Waals surface area contributed by atoms with Gasteiger partial charge in [-0.25, -0.2) is 9.67 Å². The third kappa shape index (κ3) is 2.52. The summed E-state index contributed by atoms with van der Waals surface area (Å²) < 4.78 is 4.18. The first kappa shape index (κ1) is 15.1. The lowest BCUT2D eigenvalue weighted by atomic mass is 10.2. The first-order chi connectivity index (χ1) is 11.6. The van der Waals surface area contributed by atoms with Gasteiger partial charge in [-0.3, -0.25) is 4.57 Å². The van der Waals surface area contributed by atoms with E-state index in [0.717, 1.165) is 22.3 Å². The van der Waals surface area contributed by atoms with Crippen molar-refractivity contribution in [3.63, 3.8) is 0 Å². The van der Waals surface area contributed by atoms with Gasteiger partial charge in [-0.2, -0.15) is 0 Å². The molecule has 118 valence electrons. The molecule has 0 fully saturated rings. The Kier molecular flexibility index (Phi) is 3.67. The van der Waals surface area contributed by atoms with Crippen LogP contribution in [0, 0.1) is 4.77 Å². The van der Waals surface area contributed by atoms with Crippen LogP contribution in [0.2, 0.25) is 5.02 Å². The Morgan fingerprint density at radius 1 is 0.958 bits per heavy atom. The highest BCUT2D eigenvalue weighted by molar-refractivity contribution is 7.71. The van der Waals surface area contributed by atoms with Gasteiger partial charge in [0.1, 0.15) is 5.69 Å². The number of nitrogens with zero attached hydrogens (tertiary/aromatic N) is 4. The predicted molar refractivity (Wildman–Crippen MR) is 99.1 cm³/mol. The number of aryl methyl sites for hydroxylation is 1. The number of pyridine rings is 1. The smallest absolute Gasteiger partial charge is 0.202 e. The van der Waals surface area contributed by atoms with Crippen molar-refractivity contribution in [2.45, 2.75) is 0 Å². The van der Waals surface area contributed by atoms with Gasteiger partial charge in [-0.05, 0) is 48.6 Å². The fourth-order valence-corrected chi connectivity index (χ4v) is 3.00. The first-order valence-corrected chi connectivity index (χ1v) is 8.20. The molecule has 4 rings (SSSR count). The molecule has 0 aliphatic heterocycles. The predicted octanol–water partition coefficient (Wildman–Crippen LogP) is 4.81. The molecule has 2 aromatic heterocycles. The Bertz CT molecular complexity index is 1100. The normalized spacial score (nSPS) is 11.1. The molecular weight excluding hydrogens is 340 g/mol. The van der Waals surface area contributed by atoms with E-state index in [1.165, 1.54) is 0 Å². The molecule has 0 aliphatic rings. The average molecular weight is 353 g/mol. The third-order valence-electron chi connectivity index (χ3n) is 3.84. The highest BCUT2D eigenvalue weighted by Crippen LogP contribution is 2.24. The molecule has 4 aromatic rings. The second-order valence-electron chi connectivity index (χ2n) is 5.43. The van der Waals surface area contributed by atoms with Crippen LogP contribution in [0.25, 0.3) is 28.1 Å². The van der Waals surface area contributed by atoms with Crippen LogP contribution in [0.1, 0.15) is 0 Å². The molecule has 0 bridgehead atoms. The van der Waals surface area contributed by atoms with Gasteiger partial charge in [0.05, 0.1) is 11.2 Å². The molecule has 6 heteroatoms. The van der Waals surface area contributed by atoms with Gasteiger partial charge in [-0.15, -0.1) is 5.10 Å². The SMILES string of the molecule is Cn1nc(-c2ccc3ccccc3n2)n(-c2ccc(Cl)cc2)c1=S. The van der Waals surface area contributed by atoms with Crippen LogP contribution < -0.4 is 0 Å². The summed E-state index contributed by atoms with van der Waals surface area (Å²) in [5.74, 6) is 0.704. The van der Waals surface area contributed by atoms with Gasteiger partial charge in [0.2, 0.25) is 4.77 Å². The Labute approximate surface area is 149 Å². The van der Waals surface area contributed by atoms with E-state index < -0.39 is 0 Å². The van der Waals surface area contributed by atoms with E-state index in [1.54, 1.807) is 4.68 Å². The molecule has 0 radical (unpaired) electrons. The number of hydrogen-bond donors (Lipinski definition) is 0. The maximum Gasteiger partial charge on any atom is 0.202 e. The minimum absolute atomic E-state index is 0.599. The molecule has 0 amide bonds. The van der Waals surface area contributed by atoms with Crippen LogP contribution in [-0.4, -0.2) is 19.3 Å². The molecule has 4 nitrogen and oxygen atoms in total. The van der Waals surface area contributed by atoms with E-state index in [4.69, 9.17) is 28.8 Å². The second kappa shape index (κ2) is 5.85. The van der Waals surface area contributed by atoms with Crippen LogP contribution in [0.3, 0.4) is 0 Å². The first-order valence-electron chi connectivity index (χ1n) is 7.41. The molecule has 0 saturated carbocycles. The van der Waals surface area contributed by atoms with Crippen molar-refractivity contribution in [1.29, 1.82) is 0 Å². The number of aromatic nitrogens is 4. The van der Waals surface area contributed by atoms with Crippen molar-refractivity contribution in [1.82, 2.24) is 19.3 Å². The molecule has 24 heavy (non-hydrogen) atoms. The van der Waals surface area contributed by atoms with E-state index in [2.05, 4.69) is 5.10 Å². The van der Waals surface area contributed by atoms with Crippen molar-refractivity contribution < 1.29 is 0 Å². The van der Waals surface area contributed by atoms with Crippen LogP contribution >= 0.6 is 23.8 Å². The lowest BCUT2D eigenvalue weighted by molar-refractivity contribution is 0.750. The number of hydrogen-bond acceptors (Lipinski definition) is 3. The van der Waals surface area contributed by atoms with E-state index in [0.29, 0.717) is 15.6 Å². The van der Waals surface area contributed by atoms with Gasteiger partial charge < -0.3 is 0 Å². The minimum atomic E-state index is 0.599. The monoisotopic (exact) mass is 352 g/mol. The molecule has 0 saturated heterocycles. The van der Waals surface area contributed by atoms with E-state index in [9.17, 15) is 0 Å². The van der Waals surface area contributed by atoms with Gasteiger partial charge in [0.25, 0.3) is 0 Å². The quantitative estimate of drug-likeness (QED) is 0.486. The number of rotatable bonds is 2. The van der Waals surface area contributed by atoms with Gasteiger partial charge in [-0.1, -0.05) is 35.9 Å². The minimum Gasteiger partial charge on any atom is -0.267 e. The fourth-order valence-electron chi connectivity index (χ4n) is 2.64. The van der Waals surface area contributed by atoms with Crippen LogP contribution in [0.15, 0.2) is 60.7 Å². The molecule has 0 spiro atoms. The summed E-state index contributed by atoms with van der Waals surface area (Å²) in [4.78, 5) is 4.73. The number of para-hydroxylation sites is 1. The molecule has 2 aromatic carbocycles. The van der Waals surface area contributed by atoms with Crippen molar-refractivity contribution in [3.05, 3.63) is 70.5 Å². The summed E-state index contributed by atoms with van der Waals surface area (Å²) in [6, 6.07) is 19.5. The maximum absolute atomic E-state index is 6.00. The molecule has 0 atom stereocenters. The summed E-state index contributed by atoms with van der Waals surface area (Å²) in [5.41, 5.74) is 2.60. The van der Waals surface area contributed by atoms with E-state index in [1.807, 2.05) is 72.3 Å². The zero-order valence-electron chi connectivity index (χ0n) is 12.8. The molecule has 2 heterocycles. The maximum atomic E-state index is 6.00. The largest absolute Gasteiger partial charge is 0.267 e. The highest BCUT2D eigenvalue weighted by atomic mass is 35.5. The Morgan fingerprint density at radius 3 is 2.50 bits per heavy atom.